The van der Waals surface area contributed by atoms with Gasteiger partial charge in [0.25, 0.3) is 5.69 Å². The third-order valence-electron chi connectivity index (χ3n) is 1.96. The summed E-state index contributed by atoms with van der Waals surface area (Å²) in [5, 5.41) is 13.7. The molecule has 90 valence electrons. The Kier molecular flexibility index (Phi) is 4.41. The lowest BCUT2D eigenvalue weighted by Gasteiger charge is -2.12. The van der Waals surface area contributed by atoms with Crippen LogP contribution in [0.15, 0.2) is 30.8 Å². The molecule has 17 heavy (non-hydrogen) atoms. The molecule has 1 rings (SSSR count). The van der Waals surface area contributed by atoms with E-state index in [1.165, 1.54) is 12.1 Å². The number of non-ortho nitro benzene ring substituents is 1. The van der Waals surface area contributed by atoms with E-state index in [9.17, 15) is 10.1 Å². The van der Waals surface area contributed by atoms with E-state index in [1.54, 1.807) is 19.2 Å². The molecule has 1 aromatic rings. The fourth-order valence-corrected chi connectivity index (χ4v) is 1.13. The molecular formula is C10H12N4O2S. The van der Waals surface area contributed by atoms with Gasteiger partial charge < -0.3 is 5.32 Å². The molecule has 0 saturated heterocycles. The van der Waals surface area contributed by atoms with Gasteiger partial charge in [-0.1, -0.05) is 18.7 Å². The van der Waals surface area contributed by atoms with Crippen molar-refractivity contribution in [1.29, 1.82) is 0 Å². The molecule has 6 nitrogen and oxygen atoms in total. The zero-order valence-electron chi connectivity index (χ0n) is 9.19. The van der Waals surface area contributed by atoms with E-state index in [0.29, 0.717) is 16.4 Å². The van der Waals surface area contributed by atoms with Crippen LogP contribution < -0.4 is 16.2 Å². The Hall–Kier alpha value is -2.15. The first kappa shape index (κ1) is 12.9. The van der Waals surface area contributed by atoms with Crippen LogP contribution in [0.25, 0.3) is 5.70 Å². The molecule has 0 aromatic heterocycles. The van der Waals surface area contributed by atoms with Gasteiger partial charge in [0.2, 0.25) is 0 Å². The lowest BCUT2D eigenvalue weighted by Crippen LogP contribution is -2.41. The summed E-state index contributed by atoms with van der Waals surface area (Å²) in [6.07, 6.45) is 0. The molecule has 0 unspecified atom stereocenters. The van der Waals surface area contributed by atoms with Crippen molar-refractivity contribution in [2.45, 2.75) is 0 Å². The van der Waals surface area contributed by atoms with Crippen LogP contribution in [-0.2, 0) is 0 Å². The second-order valence-electron chi connectivity index (χ2n) is 3.12. The van der Waals surface area contributed by atoms with Crippen molar-refractivity contribution in [3.63, 3.8) is 0 Å². The summed E-state index contributed by atoms with van der Waals surface area (Å²) in [6.45, 7) is 3.75. The summed E-state index contributed by atoms with van der Waals surface area (Å²) in [7, 11) is 1.67. The number of nitro groups is 1. The van der Waals surface area contributed by atoms with Gasteiger partial charge in [0, 0.05) is 24.7 Å². The first-order chi connectivity index (χ1) is 8.04. The Morgan fingerprint density at radius 1 is 1.47 bits per heavy atom. The number of thiocarbonyl (C=S) groups is 1. The van der Waals surface area contributed by atoms with Crippen LogP contribution in [0.2, 0.25) is 0 Å². The molecule has 7 heteroatoms. The summed E-state index contributed by atoms with van der Waals surface area (Å²) in [6, 6.07) is 6.16. The van der Waals surface area contributed by atoms with Crippen LogP contribution in [0.5, 0.6) is 0 Å². The van der Waals surface area contributed by atoms with Gasteiger partial charge in [-0.25, -0.2) is 0 Å². The second kappa shape index (κ2) is 5.80. The number of nitrogens with one attached hydrogen (secondary N) is 3. The standard InChI is InChI=1S/C10H12N4O2S/c1-7(12-13-10(17)11-2)8-4-3-5-9(6-8)14(15)16/h3-6,12H,1H2,2H3,(H2,11,13,17). The smallest absolute Gasteiger partial charge is 0.270 e. The summed E-state index contributed by atoms with van der Waals surface area (Å²) >= 11 is 4.86. The number of nitro benzene ring substituents is 1. The predicted octanol–water partition coefficient (Wildman–Crippen LogP) is 1.16. The van der Waals surface area contributed by atoms with E-state index in [2.05, 4.69) is 22.7 Å². The first-order valence-electron chi connectivity index (χ1n) is 4.72. The third-order valence-corrected chi connectivity index (χ3v) is 2.27. The summed E-state index contributed by atoms with van der Waals surface area (Å²) < 4.78 is 0. The largest absolute Gasteiger partial charge is 0.364 e. The van der Waals surface area contributed by atoms with E-state index >= 15 is 0 Å². The molecule has 0 spiro atoms. The number of hydrazine groups is 1. The van der Waals surface area contributed by atoms with Crippen molar-refractivity contribution in [3.05, 3.63) is 46.5 Å². The van der Waals surface area contributed by atoms with Crippen LogP contribution >= 0.6 is 12.2 Å². The molecule has 0 aliphatic carbocycles. The number of rotatable bonds is 4. The Bertz CT molecular complexity index is 461. The van der Waals surface area contributed by atoms with Gasteiger partial charge in [0.05, 0.1) is 10.6 Å². The maximum absolute atomic E-state index is 10.6. The Morgan fingerprint density at radius 3 is 2.76 bits per heavy atom. The molecule has 0 bridgehead atoms. The van der Waals surface area contributed by atoms with Gasteiger partial charge in [0.1, 0.15) is 0 Å². The van der Waals surface area contributed by atoms with Crippen molar-refractivity contribution in [2.75, 3.05) is 7.05 Å². The number of nitrogens with zero attached hydrogens (tertiary/aromatic N) is 1. The number of benzene rings is 1. The molecule has 0 heterocycles. The second-order valence-corrected chi connectivity index (χ2v) is 3.52. The van der Waals surface area contributed by atoms with Crippen molar-refractivity contribution < 1.29 is 4.92 Å². The highest BCUT2D eigenvalue weighted by molar-refractivity contribution is 7.80. The zero-order valence-corrected chi connectivity index (χ0v) is 10.0. The highest BCUT2D eigenvalue weighted by Gasteiger charge is 2.07. The Balaban J connectivity index is 2.72. The van der Waals surface area contributed by atoms with E-state index in [1.807, 2.05) is 0 Å². The minimum Gasteiger partial charge on any atom is -0.364 e. The van der Waals surface area contributed by atoms with Crippen LogP contribution in [0.3, 0.4) is 0 Å². The molecule has 0 radical (unpaired) electrons. The van der Waals surface area contributed by atoms with E-state index in [-0.39, 0.29) is 5.69 Å². The molecule has 0 aliphatic rings. The third kappa shape index (κ3) is 3.72. The van der Waals surface area contributed by atoms with Crippen LogP contribution in [0.1, 0.15) is 5.56 Å². The average molecular weight is 252 g/mol. The maximum Gasteiger partial charge on any atom is 0.270 e. The summed E-state index contributed by atoms with van der Waals surface area (Å²) in [5.74, 6) is 0. The van der Waals surface area contributed by atoms with Crippen LogP contribution in [0, 0.1) is 10.1 Å². The van der Waals surface area contributed by atoms with Crippen molar-refractivity contribution in [3.8, 4) is 0 Å². The Labute approximate surface area is 104 Å². The van der Waals surface area contributed by atoms with Crippen molar-refractivity contribution in [1.82, 2.24) is 16.2 Å². The Morgan fingerprint density at radius 2 is 2.18 bits per heavy atom. The lowest BCUT2D eigenvalue weighted by atomic mass is 10.1. The minimum absolute atomic E-state index is 0.0154. The minimum atomic E-state index is -0.456. The molecule has 0 saturated carbocycles. The SMILES string of the molecule is C=C(NNC(=S)NC)c1cccc([N+](=O)[O-])c1. The molecule has 1 aromatic carbocycles. The fraction of sp³-hybridized carbons (Fsp3) is 0.100. The van der Waals surface area contributed by atoms with Crippen molar-refractivity contribution in [2.24, 2.45) is 0 Å². The normalized spacial score (nSPS) is 9.24. The van der Waals surface area contributed by atoms with Gasteiger partial charge in [-0.15, -0.1) is 0 Å². The van der Waals surface area contributed by atoms with Gasteiger partial charge in [-0.05, 0) is 12.2 Å². The maximum atomic E-state index is 10.6. The van der Waals surface area contributed by atoms with Crippen LogP contribution in [0.4, 0.5) is 5.69 Å². The van der Waals surface area contributed by atoms with Crippen LogP contribution in [-0.4, -0.2) is 17.1 Å². The van der Waals surface area contributed by atoms with Gasteiger partial charge in [-0.2, -0.15) is 0 Å². The zero-order chi connectivity index (χ0) is 12.8. The number of hydrogen-bond donors (Lipinski definition) is 3. The number of hydrogen-bond acceptors (Lipinski definition) is 4. The van der Waals surface area contributed by atoms with E-state index in [4.69, 9.17) is 12.2 Å². The fourth-order valence-electron chi connectivity index (χ4n) is 1.07. The molecule has 0 aliphatic heterocycles. The van der Waals surface area contributed by atoms with E-state index < -0.39 is 4.92 Å². The monoisotopic (exact) mass is 252 g/mol. The highest BCUT2D eigenvalue weighted by Crippen LogP contribution is 2.16. The molecule has 0 atom stereocenters. The average Bonchev–Trinajstić information content (AvgIpc) is 2.35. The molecular weight excluding hydrogens is 240 g/mol. The summed E-state index contributed by atoms with van der Waals surface area (Å²) in [4.78, 5) is 10.1. The van der Waals surface area contributed by atoms with E-state index in [0.717, 1.165) is 0 Å². The van der Waals surface area contributed by atoms with Crippen molar-refractivity contribution >= 4 is 28.7 Å². The molecule has 0 fully saturated rings. The molecule has 3 N–H and O–H groups in total. The highest BCUT2D eigenvalue weighted by atomic mass is 32.1. The van der Waals surface area contributed by atoms with Gasteiger partial charge in [0.15, 0.2) is 5.11 Å². The molecule has 0 amide bonds. The summed E-state index contributed by atoms with van der Waals surface area (Å²) in [5.41, 5.74) is 6.55. The first-order valence-corrected chi connectivity index (χ1v) is 5.13. The van der Waals surface area contributed by atoms with Gasteiger partial charge >= 0.3 is 0 Å². The lowest BCUT2D eigenvalue weighted by molar-refractivity contribution is -0.384. The topological polar surface area (TPSA) is 79.2 Å². The predicted molar refractivity (Wildman–Crippen MR) is 70.1 cm³/mol. The van der Waals surface area contributed by atoms with Gasteiger partial charge in [-0.3, -0.25) is 21.0 Å². The quantitative estimate of drug-likeness (QED) is 0.424.